The molecule has 60 valence electrons. The Morgan fingerprint density at radius 3 is 2.64 bits per heavy atom. The lowest BCUT2D eigenvalue weighted by molar-refractivity contribution is -0.240. The predicted octanol–water partition coefficient (Wildman–Crippen LogP) is 0.765. The molecule has 1 saturated heterocycles. The summed E-state index contributed by atoms with van der Waals surface area (Å²) in [6.07, 6.45) is -0.328. The minimum atomic E-state index is -0.674. The van der Waals surface area contributed by atoms with Crippen LogP contribution in [0.1, 0.15) is 18.3 Å². The van der Waals surface area contributed by atoms with Crippen molar-refractivity contribution in [2.45, 2.75) is 18.8 Å². The number of hydrogen-bond acceptors (Lipinski definition) is 4. The fourth-order valence-electron chi connectivity index (χ4n) is 1.06. The van der Waals surface area contributed by atoms with Gasteiger partial charge >= 0.3 is 0 Å². The van der Waals surface area contributed by atoms with Gasteiger partial charge < -0.3 is 19.4 Å². The van der Waals surface area contributed by atoms with Crippen LogP contribution in [0, 0.1) is 0 Å². The summed E-state index contributed by atoms with van der Waals surface area (Å²) in [5.74, 6) is 0.442. The van der Waals surface area contributed by atoms with Gasteiger partial charge in [-0.1, -0.05) is 0 Å². The molecule has 0 aliphatic carbocycles. The highest BCUT2D eigenvalue weighted by atomic mass is 16.6. The molecule has 1 aromatic heterocycles. The average molecular weight is 156 g/mol. The summed E-state index contributed by atoms with van der Waals surface area (Å²) in [4.78, 5) is 0. The van der Waals surface area contributed by atoms with Crippen molar-refractivity contribution in [2.24, 2.45) is 0 Å². The fourth-order valence-corrected chi connectivity index (χ4v) is 1.06. The highest BCUT2D eigenvalue weighted by Crippen LogP contribution is 2.35. The number of furan rings is 1. The van der Waals surface area contributed by atoms with Crippen molar-refractivity contribution >= 4 is 0 Å². The van der Waals surface area contributed by atoms with E-state index in [9.17, 15) is 0 Å². The molecule has 11 heavy (non-hydrogen) atoms. The minimum absolute atomic E-state index is 0.120. The Bertz CT molecular complexity index is 249. The number of rotatable bonds is 1. The summed E-state index contributed by atoms with van der Waals surface area (Å²) in [7, 11) is 0. The maximum Gasteiger partial charge on any atom is 0.282 e. The molecule has 2 rings (SSSR count). The van der Waals surface area contributed by atoms with Crippen LogP contribution >= 0.6 is 0 Å². The zero-order valence-corrected chi connectivity index (χ0v) is 5.73. The molecule has 2 heterocycles. The van der Waals surface area contributed by atoms with Gasteiger partial charge in [0.15, 0.2) is 6.29 Å². The van der Waals surface area contributed by atoms with Gasteiger partial charge in [-0.3, -0.25) is 0 Å². The fraction of sp³-hybridized carbons (Fsp3) is 0.429. The molecule has 0 bridgehead atoms. The summed E-state index contributed by atoms with van der Waals surface area (Å²) in [6.45, 7) is 0. The zero-order chi connectivity index (χ0) is 7.84. The van der Waals surface area contributed by atoms with Crippen molar-refractivity contribution in [1.82, 2.24) is 0 Å². The van der Waals surface area contributed by atoms with Gasteiger partial charge in [-0.15, -0.1) is 0 Å². The number of hydrogen-bond donors (Lipinski definition) is 2. The summed E-state index contributed by atoms with van der Waals surface area (Å²) >= 11 is 0. The molecule has 2 atom stereocenters. The Hall–Kier alpha value is -1.00. The van der Waals surface area contributed by atoms with E-state index in [0.717, 1.165) is 0 Å². The maximum atomic E-state index is 8.80. The first-order valence-corrected chi connectivity index (χ1v) is 3.38. The molecule has 1 aliphatic heterocycles. The van der Waals surface area contributed by atoms with E-state index < -0.39 is 6.29 Å². The summed E-state index contributed by atoms with van der Waals surface area (Å²) in [5, 5.41) is 17.6. The van der Waals surface area contributed by atoms with Gasteiger partial charge in [-0.2, -0.15) is 0 Å². The van der Waals surface area contributed by atoms with Gasteiger partial charge in [-0.25, -0.2) is 0 Å². The molecule has 1 fully saturated rings. The van der Waals surface area contributed by atoms with Crippen LogP contribution in [0.3, 0.4) is 0 Å². The van der Waals surface area contributed by atoms with Crippen LogP contribution in [0.5, 0.6) is 5.95 Å². The quantitative estimate of drug-likeness (QED) is 0.630. The van der Waals surface area contributed by atoms with Gasteiger partial charge in [-0.05, 0) is 6.07 Å². The van der Waals surface area contributed by atoms with Gasteiger partial charge in [0, 0.05) is 12.5 Å². The molecule has 2 unspecified atom stereocenters. The Morgan fingerprint density at radius 1 is 1.45 bits per heavy atom. The summed E-state index contributed by atoms with van der Waals surface area (Å²) < 4.78 is 9.74. The maximum absolute atomic E-state index is 8.80. The van der Waals surface area contributed by atoms with Crippen LogP contribution in [-0.2, 0) is 4.74 Å². The van der Waals surface area contributed by atoms with E-state index in [2.05, 4.69) is 0 Å². The molecule has 0 radical (unpaired) electrons. The lowest BCUT2D eigenvalue weighted by Crippen LogP contribution is -2.29. The van der Waals surface area contributed by atoms with E-state index in [4.69, 9.17) is 19.4 Å². The largest absolute Gasteiger partial charge is 0.481 e. The normalized spacial score (nSPS) is 29.9. The second-order valence-electron chi connectivity index (χ2n) is 2.49. The number of ether oxygens (including phenoxy) is 1. The number of aromatic hydroxyl groups is 1. The van der Waals surface area contributed by atoms with Crippen LogP contribution in [-0.4, -0.2) is 16.5 Å². The van der Waals surface area contributed by atoms with Gasteiger partial charge in [0.2, 0.25) is 0 Å². The third-order valence-corrected chi connectivity index (χ3v) is 1.67. The first kappa shape index (κ1) is 6.69. The highest BCUT2D eigenvalue weighted by molar-refractivity contribution is 5.13. The Labute approximate surface area is 63.0 Å². The van der Waals surface area contributed by atoms with Crippen LogP contribution in [0.25, 0.3) is 0 Å². The molecule has 0 spiro atoms. The van der Waals surface area contributed by atoms with E-state index in [-0.39, 0.29) is 12.1 Å². The van der Waals surface area contributed by atoms with Gasteiger partial charge in [0.25, 0.3) is 5.95 Å². The van der Waals surface area contributed by atoms with Crippen LogP contribution in [0.4, 0.5) is 0 Å². The van der Waals surface area contributed by atoms with Crippen LogP contribution in [0.2, 0.25) is 0 Å². The molecule has 1 aromatic rings. The predicted molar refractivity (Wildman–Crippen MR) is 34.8 cm³/mol. The van der Waals surface area contributed by atoms with Crippen molar-refractivity contribution in [3.63, 3.8) is 0 Å². The summed E-state index contributed by atoms with van der Waals surface area (Å²) in [5.41, 5.74) is 0. The second kappa shape index (κ2) is 2.25. The number of aliphatic hydroxyl groups is 1. The van der Waals surface area contributed by atoms with Crippen LogP contribution in [0.15, 0.2) is 16.5 Å². The van der Waals surface area contributed by atoms with E-state index in [1.165, 1.54) is 6.07 Å². The SMILES string of the molecule is Oc1ccc(C2CC(O)O2)o1. The summed E-state index contributed by atoms with van der Waals surface area (Å²) in [6, 6.07) is 3.08. The smallest absolute Gasteiger partial charge is 0.282 e. The highest BCUT2D eigenvalue weighted by Gasteiger charge is 2.31. The van der Waals surface area contributed by atoms with Gasteiger partial charge in [0.05, 0.1) is 0 Å². The van der Waals surface area contributed by atoms with Crippen molar-refractivity contribution in [2.75, 3.05) is 0 Å². The molecule has 4 nitrogen and oxygen atoms in total. The minimum Gasteiger partial charge on any atom is -0.481 e. The molecular weight excluding hydrogens is 148 g/mol. The average Bonchev–Trinajstić information content (AvgIpc) is 2.29. The molecule has 4 heteroatoms. The number of aliphatic hydroxyl groups excluding tert-OH is 1. The molecule has 2 N–H and O–H groups in total. The van der Waals surface area contributed by atoms with Crippen molar-refractivity contribution in [1.29, 1.82) is 0 Å². The van der Waals surface area contributed by atoms with E-state index in [1.807, 2.05) is 0 Å². The Morgan fingerprint density at radius 2 is 2.18 bits per heavy atom. The monoisotopic (exact) mass is 156 g/mol. The second-order valence-corrected chi connectivity index (χ2v) is 2.49. The van der Waals surface area contributed by atoms with Crippen molar-refractivity contribution < 1.29 is 19.4 Å². The molecule has 0 amide bonds. The lowest BCUT2D eigenvalue weighted by atomic mass is 10.1. The third-order valence-electron chi connectivity index (χ3n) is 1.67. The topological polar surface area (TPSA) is 62.8 Å². The molecule has 1 aliphatic rings. The molecule has 0 saturated carbocycles. The van der Waals surface area contributed by atoms with Gasteiger partial charge in [0.1, 0.15) is 11.9 Å². The Kier molecular flexibility index (Phi) is 1.37. The zero-order valence-electron chi connectivity index (χ0n) is 5.73. The lowest BCUT2D eigenvalue weighted by Gasteiger charge is -2.29. The van der Waals surface area contributed by atoms with E-state index in [1.54, 1.807) is 6.07 Å². The van der Waals surface area contributed by atoms with Crippen LogP contribution < -0.4 is 0 Å². The standard InChI is InChI=1S/C7H8O4/c8-6-2-1-4(10-6)5-3-7(9)11-5/h1-2,5,7-9H,3H2. The van der Waals surface area contributed by atoms with E-state index >= 15 is 0 Å². The van der Waals surface area contributed by atoms with E-state index in [0.29, 0.717) is 12.2 Å². The third kappa shape index (κ3) is 1.10. The molecular formula is C7H8O4. The first-order valence-electron chi connectivity index (χ1n) is 3.38. The van der Waals surface area contributed by atoms with Crippen molar-refractivity contribution in [3.8, 4) is 5.95 Å². The molecule has 0 aromatic carbocycles. The Balaban J connectivity index is 2.07. The van der Waals surface area contributed by atoms with Crippen molar-refractivity contribution in [3.05, 3.63) is 17.9 Å². The first-order chi connectivity index (χ1) is 5.25.